The van der Waals surface area contributed by atoms with Crippen molar-refractivity contribution in [2.75, 3.05) is 6.54 Å². The minimum atomic E-state index is -0.309. The summed E-state index contributed by atoms with van der Waals surface area (Å²) in [7, 11) is 1.84. The van der Waals surface area contributed by atoms with Crippen LogP contribution in [0, 0.1) is 6.92 Å². The lowest BCUT2D eigenvalue weighted by Gasteiger charge is -2.13. The summed E-state index contributed by atoms with van der Waals surface area (Å²) in [4.78, 5) is 27.3. The Morgan fingerprint density at radius 1 is 1.32 bits per heavy atom. The fourth-order valence-electron chi connectivity index (χ4n) is 2.86. The van der Waals surface area contributed by atoms with Gasteiger partial charge in [-0.15, -0.1) is 0 Å². The van der Waals surface area contributed by atoms with E-state index in [2.05, 4.69) is 20.7 Å². The predicted molar refractivity (Wildman–Crippen MR) is 95.1 cm³/mol. The van der Waals surface area contributed by atoms with Gasteiger partial charge in [0.2, 0.25) is 5.91 Å². The Bertz CT molecular complexity index is 892. The van der Waals surface area contributed by atoms with Crippen LogP contribution < -0.4 is 10.6 Å². The number of H-pyrrole nitrogens is 1. The fourth-order valence-corrected chi connectivity index (χ4v) is 2.86. The van der Waals surface area contributed by atoms with Crippen molar-refractivity contribution in [3.8, 4) is 0 Å². The number of nitrogens with zero attached hydrogens (tertiary/aromatic N) is 2. The Morgan fingerprint density at radius 3 is 2.76 bits per heavy atom. The molecule has 0 aliphatic carbocycles. The molecule has 3 rings (SSSR count). The standard InChI is InChI=1S/C18H21N5O2/c1-11(14-10-23(3)22-12(14)2)20-17(24)9-19-18(25)16-8-13-6-4-5-7-15(13)21-16/h4-8,10-11,21H,9H2,1-3H3,(H,19,25)(H,20,24). The van der Waals surface area contributed by atoms with Gasteiger partial charge in [0.25, 0.3) is 5.91 Å². The van der Waals surface area contributed by atoms with Gasteiger partial charge in [-0.25, -0.2) is 0 Å². The monoisotopic (exact) mass is 339 g/mol. The number of hydrogen-bond donors (Lipinski definition) is 3. The summed E-state index contributed by atoms with van der Waals surface area (Å²) in [5.41, 5.74) is 3.15. The molecule has 3 aromatic rings. The van der Waals surface area contributed by atoms with Crippen molar-refractivity contribution in [2.45, 2.75) is 19.9 Å². The van der Waals surface area contributed by atoms with Crippen molar-refractivity contribution in [3.05, 3.63) is 53.5 Å². The molecule has 1 aromatic carbocycles. The molecule has 2 heterocycles. The van der Waals surface area contributed by atoms with Crippen LogP contribution in [0.1, 0.15) is 34.7 Å². The number of aromatic amines is 1. The lowest BCUT2D eigenvalue weighted by molar-refractivity contribution is -0.120. The topological polar surface area (TPSA) is 91.8 Å². The average Bonchev–Trinajstić information content (AvgIpc) is 3.15. The Kier molecular flexibility index (Phi) is 4.56. The van der Waals surface area contributed by atoms with Crippen molar-refractivity contribution < 1.29 is 9.59 Å². The molecule has 0 fully saturated rings. The highest BCUT2D eigenvalue weighted by Crippen LogP contribution is 2.15. The number of aromatic nitrogens is 3. The number of benzene rings is 1. The van der Waals surface area contributed by atoms with Gasteiger partial charge in [-0.2, -0.15) is 5.10 Å². The van der Waals surface area contributed by atoms with Crippen molar-refractivity contribution in [1.82, 2.24) is 25.4 Å². The van der Waals surface area contributed by atoms with Crippen LogP contribution in [-0.4, -0.2) is 33.1 Å². The highest BCUT2D eigenvalue weighted by Gasteiger charge is 2.15. The van der Waals surface area contributed by atoms with Crippen molar-refractivity contribution in [1.29, 1.82) is 0 Å². The highest BCUT2D eigenvalue weighted by molar-refractivity contribution is 5.99. The number of aryl methyl sites for hydroxylation is 2. The second-order valence-corrected chi connectivity index (χ2v) is 6.09. The number of nitrogens with one attached hydrogen (secondary N) is 3. The number of hydrogen-bond acceptors (Lipinski definition) is 3. The number of carbonyl (C=O) groups is 2. The molecule has 2 aromatic heterocycles. The zero-order valence-electron chi connectivity index (χ0n) is 14.5. The lowest BCUT2D eigenvalue weighted by Crippen LogP contribution is -2.38. The average molecular weight is 339 g/mol. The lowest BCUT2D eigenvalue weighted by atomic mass is 10.1. The zero-order chi connectivity index (χ0) is 18.0. The molecule has 3 N–H and O–H groups in total. The van der Waals surface area contributed by atoms with Gasteiger partial charge in [-0.1, -0.05) is 18.2 Å². The van der Waals surface area contributed by atoms with Crippen LogP contribution in [0.2, 0.25) is 0 Å². The predicted octanol–water partition coefficient (Wildman–Crippen LogP) is 1.82. The molecular weight excluding hydrogens is 318 g/mol. The molecule has 7 nitrogen and oxygen atoms in total. The number of carbonyl (C=O) groups excluding carboxylic acids is 2. The molecule has 0 aliphatic heterocycles. The summed E-state index contributed by atoms with van der Waals surface area (Å²) >= 11 is 0. The zero-order valence-corrected chi connectivity index (χ0v) is 14.5. The summed E-state index contributed by atoms with van der Waals surface area (Å²) < 4.78 is 1.71. The second-order valence-electron chi connectivity index (χ2n) is 6.09. The molecule has 0 bridgehead atoms. The van der Waals surface area contributed by atoms with E-state index >= 15 is 0 Å². The van der Waals surface area contributed by atoms with Crippen LogP contribution in [0.5, 0.6) is 0 Å². The molecule has 0 saturated heterocycles. The minimum Gasteiger partial charge on any atom is -0.351 e. The Morgan fingerprint density at radius 2 is 2.08 bits per heavy atom. The quantitative estimate of drug-likeness (QED) is 0.662. The first-order chi connectivity index (χ1) is 11.9. The van der Waals surface area contributed by atoms with Crippen LogP contribution in [0.25, 0.3) is 10.9 Å². The summed E-state index contributed by atoms with van der Waals surface area (Å²) in [5, 5.41) is 10.7. The fraction of sp³-hybridized carbons (Fsp3) is 0.278. The molecule has 25 heavy (non-hydrogen) atoms. The van der Waals surface area contributed by atoms with Crippen molar-refractivity contribution in [3.63, 3.8) is 0 Å². The minimum absolute atomic E-state index is 0.0855. The maximum absolute atomic E-state index is 12.2. The van der Waals surface area contributed by atoms with E-state index in [0.717, 1.165) is 22.2 Å². The van der Waals surface area contributed by atoms with Crippen molar-refractivity contribution >= 4 is 22.7 Å². The van der Waals surface area contributed by atoms with Crippen molar-refractivity contribution in [2.24, 2.45) is 7.05 Å². The Balaban J connectivity index is 1.56. The van der Waals surface area contributed by atoms with Gasteiger partial charge in [0.15, 0.2) is 0 Å². The molecule has 7 heteroatoms. The van der Waals surface area contributed by atoms with Gasteiger partial charge in [0, 0.05) is 29.7 Å². The largest absolute Gasteiger partial charge is 0.351 e. The smallest absolute Gasteiger partial charge is 0.268 e. The summed E-state index contributed by atoms with van der Waals surface area (Å²) in [5.74, 6) is -0.559. The number of para-hydroxylation sites is 1. The van der Waals surface area contributed by atoms with Crippen LogP contribution in [0.15, 0.2) is 36.5 Å². The maximum atomic E-state index is 12.2. The van der Waals surface area contributed by atoms with E-state index in [-0.39, 0.29) is 24.4 Å². The van der Waals surface area contributed by atoms with E-state index in [4.69, 9.17) is 0 Å². The van der Waals surface area contributed by atoms with Crippen LogP contribution in [-0.2, 0) is 11.8 Å². The van der Waals surface area contributed by atoms with Crippen LogP contribution >= 0.6 is 0 Å². The van der Waals surface area contributed by atoms with Gasteiger partial charge in [-0.3, -0.25) is 14.3 Å². The molecule has 0 spiro atoms. The number of rotatable bonds is 5. The normalized spacial score (nSPS) is 12.1. The molecular formula is C18H21N5O2. The van der Waals surface area contributed by atoms with Gasteiger partial charge < -0.3 is 15.6 Å². The first-order valence-electron chi connectivity index (χ1n) is 8.09. The van der Waals surface area contributed by atoms with Gasteiger partial charge in [0.1, 0.15) is 5.69 Å². The maximum Gasteiger partial charge on any atom is 0.268 e. The molecule has 0 aliphatic rings. The first kappa shape index (κ1) is 16.8. The Labute approximate surface area is 145 Å². The van der Waals surface area contributed by atoms with Gasteiger partial charge >= 0.3 is 0 Å². The van der Waals surface area contributed by atoms with Gasteiger partial charge in [0.05, 0.1) is 18.3 Å². The summed E-state index contributed by atoms with van der Waals surface area (Å²) in [6.45, 7) is 3.70. The van der Waals surface area contributed by atoms with Gasteiger partial charge in [-0.05, 0) is 26.0 Å². The SMILES string of the molecule is Cc1nn(C)cc1C(C)NC(=O)CNC(=O)c1cc2ccccc2[nH]1. The second kappa shape index (κ2) is 6.80. The van der Waals surface area contributed by atoms with E-state index in [0.29, 0.717) is 5.69 Å². The highest BCUT2D eigenvalue weighted by atomic mass is 16.2. The van der Waals surface area contributed by atoms with E-state index in [1.54, 1.807) is 10.7 Å². The third kappa shape index (κ3) is 3.71. The van der Waals surface area contributed by atoms with E-state index in [1.807, 2.05) is 51.4 Å². The van der Waals surface area contributed by atoms with Crippen LogP contribution in [0.4, 0.5) is 0 Å². The number of amides is 2. The van der Waals surface area contributed by atoms with Crippen LogP contribution in [0.3, 0.4) is 0 Å². The molecule has 1 atom stereocenters. The molecule has 130 valence electrons. The molecule has 1 unspecified atom stereocenters. The van der Waals surface area contributed by atoms with E-state index < -0.39 is 0 Å². The molecule has 2 amide bonds. The van der Waals surface area contributed by atoms with E-state index in [1.165, 1.54) is 0 Å². The Hall–Kier alpha value is -3.09. The third-order valence-corrected chi connectivity index (χ3v) is 4.08. The third-order valence-electron chi connectivity index (χ3n) is 4.08. The molecule has 0 saturated carbocycles. The number of fused-ring (bicyclic) bond motifs is 1. The van der Waals surface area contributed by atoms with E-state index in [9.17, 15) is 9.59 Å². The first-order valence-corrected chi connectivity index (χ1v) is 8.09. The summed E-state index contributed by atoms with van der Waals surface area (Å²) in [6.07, 6.45) is 1.88. The molecule has 0 radical (unpaired) electrons. The summed E-state index contributed by atoms with van der Waals surface area (Å²) in [6, 6.07) is 9.23.